The molecule has 7 atom stereocenters. The minimum atomic E-state index is -1.50. The van der Waals surface area contributed by atoms with E-state index in [2.05, 4.69) is 52.7 Å². The molecule has 6 unspecified atom stereocenters. The number of hydrogen-bond acceptors (Lipinski definition) is 7. The highest BCUT2D eigenvalue weighted by atomic mass is 35.5. The maximum Gasteiger partial charge on any atom is 0.263 e. The van der Waals surface area contributed by atoms with Gasteiger partial charge in [0.15, 0.2) is 0 Å². The van der Waals surface area contributed by atoms with E-state index in [4.69, 9.17) is 26.8 Å². The molecule has 1 saturated carbocycles. The Morgan fingerprint density at radius 3 is 2.76 bits per heavy atom. The number of ether oxygens (including phenoxy) is 2. The van der Waals surface area contributed by atoms with Gasteiger partial charge in [0.2, 0.25) is 0 Å². The van der Waals surface area contributed by atoms with E-state index in [1.54, 1.807) is 6.07 Å². The van der Waals surface area contributed by atoms with Crippen molar-refractivity contribution in [1.29, 1.82) is 0 Å². The average molecular weight is 739 g/mol. The van der Waals surface area contributed by atoms with Crippen molar-refractivity contribution < 1.29 is 18.5 Å². The van der Waals surface area contributed by atoms with E-state index in [0.717, 1.165) is 87.6 Å². The van der Waals surface area contributed by atoms with Crippen LogP contribution in [0.2, 0.25) is 5.02 Å². The van der Waals surface area contributed by atoms with Gasteiger partial charge in [-0.15, -0.1) is 0 Å². The van der Waals surface area contributed by atoms with Gasteiger partial charge in [0.05, 0.1) is 17.9 Å². The number of amides is 1. The van der Waals surface area contributed by atoms with E-state index in [9.17, 15) is 9.00 Å². The van der Waals surface area contributed by atoms with E-state index in [-0.39, 0.29) is 17.7 Å². The molecule has 6 rings (SSSR count). The van der Waals surface area contributed by atoms with Crippen LogP contribution in [0.4, 0.5) is 5.69 Å². The number of allylic oxidation sites excluding steroid dienone is 1. The Bertz CT molecular complexity index is 1550. The number of rotatable bonds is 9. The number of likely N-dealkylation sites (tertiary alicyclic amines) is 1. The normalized spacial score (nSPS) is 31.1. The number of benzene rings is 2. The van der Waals surface area contributed by atoms with Crippen LogP contribution in [-0.2, 0) is 22.1 Å². The third-order valence-electron chi connectivity index (χ3n) is 12.0. The van der Waals surface area contributed by atoms with Crippen molar-refractivity contribution in [2.45, 2.75) is 95.6 Å². The Morgan fingerprint density at radius 1 is 1.14 bits per heavy atom. The number of carbonyl (C=O) groups excluding carboxylic acids is 1. The van der Waals surface area contributed by atoms with E-state index in [1.165, 1.54) is 30.4 Å². The maximum atomic E-state index is 13.4. The topological polar surface area (TPSA) is 97.1 Å². The van der Waals surface area contributed by atoms with Crippen molar-refractivity contribution in [3.63, 3.8) is 0 Å². The van der Waals surface area contributed by atoms with Gasteiger partial charge in [-0.3, -0.25) is 14.4 Å². The molecule has 2 bridgehead atoms. The van der Waals surface area contributed by atoms with Crippen LogP contribution >= 0.6 is 11.6 Å². The molecule has 3 N–H and O–H groups in total. The molecule has 51 heavy (non-hydrogen) atoms. The van der Waals surface area contributed by atoms with E-state index in [1.807, 2.05) is 25.3 Å². The second kappa shape index (κ2) is 17.6. The predicted octanol–water partition coefficient (Wildman–Crippen LogP) is 7.27. The number of nitrogens with two attached hydrogens (primary N) is 1. The third kappa shape index (κ3) is 9.03. The number of hydrogen-bond donors (Lipinski definition) is 2. The number of nitrogens with zero attached hydrogens (tertiary/aromatic N) is 2. The molecule has 2 fully saturated rings. The molecule has 0 spiro atoms. The fraction of sp³-hybridized carbons (Fsp3) is 0.634. The van der Waals surface area contributed by atoms with Crippen LogP contribution in [-0.4, -0.2) is 78.9 Å². The van der Waals surface area contributed by atoms with Crippen molar-refractivity contribution in [2.24, 2.45) is 23.5 Å². The Kier molecular flexibility index (Phi) is 13.2. The number of carbonyl (C=O) groups is 1. The number of anilines is 1. The predicted molar refractivity (Wildman–Crippen MR) is 209 cm³/mol. The van der Waals surface area contributed by atoms with Gasteiger partial charge in [-0.05, 0) is 117 Å². The van der Waals surface area contributed by atoms with Crippen LogP contribution in [0, 0.1) is 17.8 Å². The summed E-state index contributed by atoms with van der Waals surface area (Å²) in [5, 5.41) is 0.758. The summed E-state index contributed by atoms with van der Waals surface area (Å²) in [5.41, 5.74) is 9.62. The smallest absolute Gasteiger partial charge is 0.263 e. The first-order valence-electron chi connectivity index (χ1n) is 19.4. The summed E-state index contributed by atoms with van der Waals surface area (Å²) in [4.78, 5) is 18.5. The first kappa shape index (κ1) is 38.3. The molecular weight excluding hydrogens is 680 g/mol. The van der Waals surface area contributed by atoms with E-state index in [0.29, 0.717) is 42.3 Å². The first-order valence-corrected chi connectivity index (χ1v) is 21.1. The van der Waals surface area contributed by atoms with Crippen molar-refractivity contribution in [3.05, 3.63) is 70.3 Å². The molecule has 3 heterocycles. The van der Waals surface area contributed by atoms with Crippen LogP contribution in [0.15, 0.2) is 48.6 Å². The van der Waals surface area contributed by atoms with Gasteiger partial charge in [0.1, 0.15) is 16.7 Å². The zero-order valence-corrected chi connectivity index (χ0v) is 32.5. The van der Waals surface area contributed by atoms with Crippen molar-refractivity contribution in [3.8, 4) is 5.75 Å². The van der Waals surface area contributed by atoms with E-state index >= 15 is 0 Å². The SMILES string of the molecule is CCCc1cc(Cl)ccc1C1COc2ccc3cc2N(C1)CC1CCC1[C@@](CCC1CCCCN1CCN)(OC)/C=C/CC(C)CS(=O)NC3=O. The number of fused-ring (bicyclic) bond motifs is 2. The zero-order chi connectivity index (χ0) is 36.0. The highest BCUT2D eigenvalue weighted by Crippen LogP contribution is 2.49. The molecule has 0 radical (unpaired) electrons. The zero-order valence-electron chi connectivity index (χ0n) is 30.9. The summed E-state index contributed by atoms with van der Waals surface area (Å²) >= 11 is 6.50. The second-order valence-electron chi connectivity index (χ2n) is 15.5. The Hall–Kier alpha value is -2.43. The largest absolute Gasteiger partial charge is 0.491 e. The fourth-order valence-corrected chi connectivity index (χ4v) is 10.4. The van der Waals surface area contributed by atoms with Crippen molar-refractivity contribution in [2.75, 3.05) is 57.1 Å². The number of piperidine rings is 1. The van der Waals surface area contributed by atoms with Crippen LogP contribution in [0.5, 0.6) is 5.75 Å². The molecule has 2 aromatic rings. The van der Waals surface area contributed by atoms with Gasteiger partial charge in [-0.25, -0.2) is 4.21 Å². The Labute approximate surface area is 313 Å². The Morgan fingerprint density at radius 2 is 2.00 bits per heavy atom. The fourth-order valence-electron chi connectivity index (χ4n) is 9.15. The van der Waals surface area contributed by atoms with E-state index < -0.39 is 16.6 Å². The molecule has 1 amide bonds. The van der Waals surface area contributed by atoms with Crippen molar-refractivity contribution >= 4 is 34.2 Å². The quantitative estimate of drug-likeness (QED) is 0.261. The molecule has 1 aliphatic carbocycles. The number of methoxy groups -OCH3 is 1. The van der Waals surface area contributed by atoms with Gasteiger partial charge in [0, 0.05) is 61.6 Å². The summed E-state index contributed by atoms with van der Waals surface area (Å²) < 4.78 is 29.2. The summed E-state index contributed by atoms with van der Waals surface area (Å²) in [7, 11) is 0.404. The van der Waals surface area contributed by atoms with Gasteiger partial charge in [0.25, 0.3) is 5.91 Å². The lowest BCUT2D eigenvalue weighted by Crippen LogP contribution is -2.52. The lowest BCUT2D eigenvalue weighted by atomic mass is 9.62. The van der Waals surface area contributed by atoms with Gasteiger partial charge in [-0.1, -0.05) is 56.5 Å². The van der Waals surface area contributed by atoms with Crippen LogP contribution in [0.25, 0.3) is 0 Å². The molecule has 8 nitrogen and oxygen atoms in total. The molecule has 2 aromatic carbocycles. The average Bonchev–Trinajstić information content (AvgIpc) is 3.28. The minimum absolute atomic E-state index is 0.124. The molecule has 1 saturated heterocycles. The monoisotopic (exact) mass is 738 g/mol. The molecular formula is C41H59ClN4O4S. The Balaban J connectivity index is 1.36. The number of nitrogens with one attached hydrogen (secondary N) is 1. The second-order valence-corrected chi connectivity index (χ2v) is 17.2. The van der Waals surface area contributed by atoms with Crippen LogP contribution in [0.3, 0.4) is 0 Å². The molecule has 4 aliphatic rings. The lowest BCUT2D eigenvalue weighted by molar-refractivity contribution is -0.0844. The van der Waals surface area contributed by atoms with Gasteiger partial charge >= 0.3 is 0 Å². The maximum absolute atomic E-state index is 13.4. The third-order valence-corrected chi connectivity index (χ3v) is 13.5. The lowest BCUT2D eigenvalue weighted by Gasteiger charge is -2.51. The van der Waals surface area contributed by atoms with Crippen LogP contribution in [0.1, 0.15) is 99.0 Å². The highest BCUT2D eigenvalue weighted by Gasteiger charge is 2.48. The molecule has 0 aromatic heterocycles. The van der Waals surface area contributed by atoms with Crippen LogP contribution < -0.4 is 20.1 Å². The number of halogens is 1. The van der Waals surface area contributed by atoms with Gasteiger partial charge in [-0.2, -0.15) is 0 Å². The minimum Gasteiger partial charge on any atom is -0.491 e. The molecule has 10 heteroatoms. The summed E-state index contributed by atoms with van der Waals surface area (Å²) in [5.74, 6) is 1.87. The molecule has 280 valence electrons. The summed E-state index contributed by atoms with van der Waals surface area (Å²) in [6.45, 7) is 9.20. The standard InChI is InChI=1S/C41H59ClN4O4S/c1-4-8-30-23-34(42)13-14-36(30)33-26-46-25-32-11-15-37(32)41(49-3,19-17-35-10-5-6-21-45(35)22-20-43)18-7-9-29(2)28-51(48)44-40(47)31-12-16-39(50-27-33)38(46)24-31/h7,12-14,16,18,23-24,29,32-33,35,37H,4-6,8-11,15,17,19-22,25-28,43H2,1-3H3,(H,44,47)/b18-7+/t29?,32?,33?,35?,37?,41-,51?/m1/s1. The highest BCUT2D eigenvalue weighted by molar-refractivity contribution is 7.83. The summed E-state index contributed by atoms with van der Waals surface area (Å²) in [6.07, 6.45) is 15.4. The first-order chi connectivity index (χ1) is 24.7. The van der Waals surface area contributed by atoms with Crippen molar-refractivity contribution in [1.82, 2.24) is 9.62 Å². The van der Waals surface area contributed by atoms with Gasteiger partial charge < -0.3 is 20.1 Å². The molecule has 3 aliphatic heterocycles. The summed E-state index contributed by atoms with van der Waals surface area (Å²) in [6, 6.07) is 12.5. The number of aryl methyl sites for hydroxylation is 1.